The van der Waals surface area contributed by atoms with E-state index in [-0.39, 0.29) is 22.6 Å². The van der Waals surface area contributed by atoms with Gasteiger partial charge < -0.3 is 15.0 Å². The summed E-state index contributed by atoms with van der Waals surface area (Å²) >= 11 is 5.91. The van der Waals surface area contributed by atoms with Crippen molar-refractivity contribution in [3.63, 3.8) is 0 Å². The van der Waals surface area contributed by atoms with Crippen molar-refractivity contribution in [2.24, 2.45) is 5.92 Å². The van der Waals surface area contributed by atoms with Crippen molar-refractivity contribution in [1.29, 1.82) is 5.26 Å². The molecule has 0 saturated carbocycles. The van der Waals surface area contributed by atoms with Gasteiger partial charge in [-0.3, -0.25) is 4.79 Å². The van der Waals surface area contributed by atoms with Crippen molar-refractivity contribution in [2.75, 3.05) is 23.3 Å². The minimum Gasteiger partial charge on any atom is -0.433 e. The van der Waals surface area contributed by atoms with Gasteiger partial charge in [-0.05, 0) is 43.2 Å². The number of piperidine rings is 1. The zero-order valence-corrected chi connectivity index (χ0v) is 15.5. The number of ether oxygens (including phenoxy) is 1. The highest BCUT2D eigenvalue weighted by molar-refractivity contribution is 6.32. The van der Waals surface area contributed by atoms with Crippen LogP contribution in [0.2, 0.25) is 5.02 Å². The van der Waals surface area contributed by atoms with Crippen LogP contribution >= 0.6 is 11.6 Å². The summed E-state index contributed by atoms with van der Waals surface area (Å²) in [7, 11) is 0. The van der Waals surface area contributed by atoms with E-state index in [0.717, 1.165) is 5.82 Å². The number of nitrogens with zero attached hydrogens (tertiary/aromatic N) is 3. The first-order chi connectivity index (χ1) is 13.5. The van der Waals surface area contributed by atoms with Crippen molar-refractivity contribution in [1.82, 2.24) is 4.98 Å². The third kappa shape index (κ3) is 4.87. The lowest BCUT2D eigenvalue weighted by Gasteiger charge is -2.32. The molecule has 9 heteroatoms. The second kappa shape index (κ2) is 8.85. The molecule has 146 valence electrons. The van der Waals surface area contributed by atoms with Crippen LogP contribution in [0.15, 0.2) is 36.5 Å². The lowest BCUT2D eigenvalue weighted by molar-refractivity contribution is -0.120. The smallest absolute Gasteiger partial charge is 0.387 e. The third-order valence-electron chi connectivity index (χ3n) is 4.48. The number of rotatable bonds is 5. The standard InChI is InChI=1S/C19H17ClF2N4O2/c20-15-9-14(2-3-16(15)28-19(21)22)25-18(27)13-5-7-26(8-6-13)17-4-1-12(10-23)11-24-17/h1-4,9,11,13,19H,5-8H2,(H,25,27). The predicted molar refractivity (Wildman–Crippen MR) is 101 cm³/mol. The first-order valence-corrected chi connectivity index (χ1v) is 9.00. The van der Waals surface area contributed by atoms with E-state index < -0.39 is 6.61 Å². The molecular formula is C19H17ClF2N4O2. The minimum atomic E-state index is -2.96. The number of pyridine rings is 1. The fourth-order valence-corrected chi connectivity index (χ4v) is 3.25. The van der Waals surface area contributed by atoms with Crippen molar-refractivity contribution in [3.05, 3.63) is 47.1 Å². The summed E-state index contributed by atoms with van der Waals surface area (Å²) in [5, 5.41) is 11.6. The molecule has 0 bridgehead atoms. The molecule has 28 heavy (non-hydrogen) atoms. The van der Waals surface area contributed by atoms with Gasteiger partial charge in [0.1, 0.15) is 17.6 Å². The summed E-state index contributed by atoms with van der Waals surface area (Å²) < 4.78 is 28.8. The zero-order valence-electron chi connectivity index (χ0n) is 14.7. The topological polar surface area (TPSA) is 78.2 Å². The number of benzene rings is 1. The fourth-order valence-electron chi connectivity index (χ4n) is 3.02. The van der Waals surface area contributed by atoms with Gasteiger partial charge >= 0.3 is 6.61 Å². The highest BCUT2D eigenvalue weighted by Gasteiger charge is 2.26. The molecule has 0 aliphatic carbocycles. The molecule has 1 saturated heterocycles. The SMILES string of the molecule is N#Cc1ccc(N2CCC(C(=O)Nc3ccc(OC(F)F)c(Cl)c3)CC2)nc1. The number of hydrogen-bond donors (Lipinski definition) is 1. The molecule has 0 spiro atoms. The van der Waals surface area contributed by atoms with Crippen molar-refractivity contribution < 1.29 is 18.3 Å². The summed E-state index contributed by atoms with van der Waals surface area (Å²) in [5.41, 5.74) is 0.925. The van der Waals surface area contributed by atoms with Gasteiger partial charge in [-0.25, -0.2) is 4.98 Å². The number of nitriles is 1. The first kappa shape index (κ1) is 19.8. The zero-order chi connectivity index (χ0) is 20.1. The Kier molecular flexibility index (Phi) is 6.26. The van der Waals surface area contributed by atoms with Gasteiger partial charge in [0.25, 0.3) is 0 Å². The average Bonchev–Trinajstić information content (AvgIpc) is 2.70. The van der Waals surface area contributed by atoms with Crippen LogP contribution in [-0.2, 0) is 4.79 Å². The van der Waals surface area contributed by atoms with E-state index in [2.05, 4.69) is 19.9 Å². The Morgan fingerprint density at radius 1 is 1.32 bits per heavy atom. The van der Waals surface area contributed by atoms with Gasteiger partial charge in [0.15, 0.2) is 0 Å². The summed E-state index contributed by atoms with van der Waals surface area (Å²) in [5.74, 6) is 0.313. The highest BCUT2D eigenvalue weighted by Crippen LogP contribution is 2.30. The van der Waals surface area contributed by atoms with Gasteiger partial charge in [0.05, 0.1) is 10.6 Å². The van der Waals surface area contributed by atoms with Crippen molar-refractivity contribution in [3.8, 4) is 11.8 Å². The van der Waals surface area contributed by atoms with Crippen LogP contribution in [0, 0.1) is 17.2 Å². The number of aromatic nitrogens is 1. The monoisotopic (exact) mass is 406 g/mol. The predicted octanol–water partition coefficient (Wildman–Crippen LogP) is 4.06. The second-order valence-corrected chi connectivity index (χ2v) is 6.70. The van der Waals surface area contributed by atoms with Gasteiger partial charge in [0.2, 0.25) is 5.91 Å². The second-order valence-electron chi connectivity index (χ2n) is 6.29. The van der Waals surface area contributed by atoms with Crippen LogP contribution in [0.25, 0.3) is 0 Å². The van der Waals surface area contributed by atoms with Crippen molar-refractivity contribution >= 4 is 29.0 Å². The van der Waals surface area contributed by atoms with E-state index in [0.29, 0.717) is 37.2 Å². The maximum Gasteiger partial charge on any atom is 0.387 e. The van der Waals surface area contributed by atoms with E-state index in [9.17, 15) is 13.6 Å². The molecule has 1 aromatic carbocycles. The Hall–Kier alpha value is -2.92. The number of alkyl halides is 2. The fraction of sp³-hybridized carbons (Fsp3) is 0.316. The van der Waals surface area contributed by atoms with E-state index in [1.54, 1.807) is 12.1 Å². The van der Waals surface area contributed by atoms with Crippen molar-refractivity contribution in [2.45, 2.75) is 19.5 Å². The number of carbonyl (C=O) groups excluding carboxylic acids is 1. The number of halogens is 3. The summed E-state index contributed by atoms with van der Waals surface area (Å²) in [6.07, 6.45) is 2.82. The summed E-state index contributed by atoms with van der Waals surface area (Å²) in [6.45, 7) is -1.63. The van der Waals surface area contributed by atoms with Crippen LogP contribution in [0.4, 0.5) is 20.3 Å². The first-order valence-electron chi connectivity index (χ1n) is 8.62. The van der Waals surface area contributed by atoms with E-state index in [1.165, 1.54) is 24.4 Å². The molecule has 0 atom stereocenters. The molecule has 2 heterocycles. The number of anilines is 2. The summed E-state index contributed by atoms with van der Waals surface area (Å²) in [4.78, 5) is 18.8. The molecule has 1 amide bonds. The minimum absolute atomic E-state index is 0.000176. The Labute approximate surface area is 165 Å². The van der Waals surface area contributed by atoms with Crippen LogP contribution in [0.5, 0.6) is 5.75 Å². The van der Waals surface area contributed by atoms with Crippen LogP contribution in [-0.4, -0.2) is 30.6 Å². The molecule has 2 aromatic rings. The Balaban J connectivity index is 1.55. The van der Waals surface area contributed by atoms with Crippen LogP contribution in [0.3, 0.4) is 0 Å². The van der Waals surface area contributed by atoms with Crippen LogP contribution in [0.1, 0.15) is 18.4 Å². The highest BCUT2D eigenvalue weighted by atomic mass is 35.5. The molecule has 1 aliphatic rings. The quantitative estimate of drug-likeness (QED) is 0.810. The van der Waals surface area contributed by atoms with E-state index in [1.807, 2.05) is 6.07 Å². The van der Waals surface area contributed by atoms with Gasteiger partial charge in [0, 0.05) is 30.9 Å². The largest absolute Gasteiger partial charge is 0.433 e. The lowest BCUT2D eigenvalue weighted by Crippen LogP contribution is -2.38. The van der Waals surface area contributed by atoms with Gasteiger partial charge in [-0.15, -0.1) is 0 Å². The van der Waals surface area contributed by atoms with Crippen LogP contribution < -0.4 is 15.0 Å². The molecule has 1 fully saturated rings. The average molecular weight is 407 g/mol. The molecule has 0 unspecified atom stereocenters. The molecule has 1 aromatic heterocycles. The molecule has 0 radical (unpaired) electrons. The normalized spacial score (nSPS) is 14.6. The van der Waals surface area contributed by atoms with Gasteiger partial charge in [-0.2, -0.15) is 14.0 Å². The number of nitrogens with one attached hydrogen (secondary N) is 1. The number of carbonyl (C=O) groups is 1. The maximum absolute atomic E-state index is 12.5. The van der Waals surface area contributed by atoms with Gasteiger partial charge in [-0.1, -0.05) is 11.6 Å². The number of hydrogen-bond acceptors (Lipinski definition) is 5. The summed E-state index contributed by atoms with van der Waals surface area (Å²) in [6, 6.07) is 9.69. The molecular weight excluding hydrogens is 390 g/mol. The number of amides is 1. The Bertz CT molecular complexity index is 878. The van der Waals surface area contributed by atoms with E-state index in [4.69, 9.17) is 16.9 Å². The lowest BCUT2D eigenvalue weighted by atomic mass is 9.95. The molecule has 3 rings (SSSR count). The maximum atomic E-state index is 12.5. The molecule has 1 aliphatic heterocycles. The third-order valence-corrected chi connectivity index (χ3v) is 4.78. The molecule has 6 nitrogen and oxygen atoms in total. The Morgan fingerprint density at radius 2 is 2.07 bits per heavy atom. The Morgan fingerprint density at radius 3 is 2.64 bits per heavy atom. The molecule has 1 N–H and O–H groups in total. The van der Waals surface area contributed by atoms with E-state index >= 15 is 0 Å².